The van der Waals surface area contributed by atoms with Crippen molar-refractivity contribution in [3.05, 3.63) is 35.4 Å². The quantitative estimate of drug-likeness (QED) is 0.460. The average molecular weight is 303 g/mol. The van der Waals surface area contributed by atoms with Crippen LogP contribution in [0.2, 0.25) is 0 Å². The van der Waals surface area contributed by atoms with Gasteiger partial charge in [-0.05, 0) is 31.0 Å². The van der Waals surface area contributed by atoms with Crippen LogP contribution in [-0.2, 0) is 20.5 Å². The molecule has 0 saturated carbocycles. The lowest BCUT2D eigenvalue weighted by molar-refractivity contribution is -0.156. The van der Waals surface area contributed by atoms with Gasteiger partial charge in [0.15, 0.2) is 0 Å². The van der Waals surface area contributed by atoms with Gasteiger partial charge < -0.3 is 9.57 Å². The SMILES string of the molecule is CCOC(=O)C(CC)O/N=C\c1cccc(C(F)(F)F)c1. The molecule has 0 aliphatic rings. The third kappa shape index (κ3) is 5.45. The van der Waals surface area contributed by atoms with Crippen molar-refractivity contribution in [1.29, 1.82) is 0 Å². The minimum atomic E-state index is -4.42. The fourth-order valence-corrected chi connectivity index (χ4v) is 1.48. The van der Waals surface area contributed by atoms with E-state index < -0.39 is 23.8 Å². The molecule has 0 aromatic heterocycles. The van der Waals surface area contributed by atoms with Crippen LogP contribution in [0.5, 0.6) is 0 Å². The second-order valence-corrected chi connectivity index (χ2v) is 4.11. The van der Waals surface area contributed by atoms with Crippen LogP contribution in [-0.4, -0.2) is 24.9 Å². The number of alkyl halides is 3. The second-order valence-electron chi connectivity index (χ2n) is 4.11. The zero-order chi connectivity index (χ0) is 15.9. The van der Waals surface area contributed by atoms with Crippen LogP contribution in [0.25, 0.3) is 0 Å². The van der Waals surface area contributed by atoms with Crippen LogP contribution in [0.3, 0.4) is 0 Å². The van der Waals surface area contributed by atoms with Crippen LogP contribution in [0.15, 0.2) is 29.4 Å². The Morgan fingerprint density at radius 3 is 2.67 bits per heavy atom. The number of rotatable bonds is 6. The van der Waals surface area contributed by atoms with Crippen LogP contribution >= 0.6 is 0 Å². The fraction of sp³-hybridized carbons (Fsp3) is 0.429. The van der Waals surface area contributed by atoms with Crippen molar-refractivity contribution in [3.8, 4) is 0 Å². The summed E-state index contributed by atoms with van der Waals surface area (Å²) in [6.45, 7) is 3.59. The molecule has 4 nitrogen and oxygen atoms in total. The first-order chi connectivity index (χ1) is 9.88. The summed E-state index contributed by atoms with van der Waals surface area (Å²) in [6, 6.07) is 4.63. The van der Waals surface area contributed by atoms with E-state index in [0.29, 0.717) is 6.42 Å². The number of benzene rings is 1. The number of carbonyl (C=O) groups is 1. The first kappa shape index (κ1) is 17.0. The van der Waals surface area contributed by atoms with Crippen molar-refractivity contribution >= 4 is 12.2 Å². The summed E-state index contributed by atoms with van der Waals surface area (Å²) >= 11 is 0. The predicted molar refractivity (Wildman–Crippen MR) is 70.8 cm³/mol. The molecule has 1 aromatic carbocycles. The van der Waals surface area contributed by atoms with Gasteiger partial charge in [0, 0.05) is 0 Å². The highest BCUT2D eigenvalue weighted by atomic mass is 19.4. The normalized spacial score (nSPS) is 13.2. The van der Waals surface area contributed by atoms with E-state index in [1.807, 2.05) is 0 Å². The molecule has 0 radical (unpaired) electrons. The molecule has 0 N–H and O–H groups in total. The lowest BCUT2D eigenvalue weighted by Gasteiger charge is -2.11. The molecule has 1 unspecified atom stereocenters. The average Bonchev–Trinajstić information content (AvgIpc) is 2.43. The number of hydrogen-bond donors (Lipinski definition) is 0. The summed E-state index contributed by atoms with van der Waals surface area (Å²) < 4.78 is 42.4. The second kappa shape index (κ2) is 7.66. The standard InChI is InChI=1S/C14H16F3NO3/c1-3-12(13(19)20-4-2)21-18-9-10-6-5-7-11(8-10)14(15,16)17/h5-9,12H,3-4H2,1-2H3/b18-9-. The Hall–Kier alpha value is -2.05. The van der Waals surface area contributed by atoms with Crippen molar-refractivity contribution in [3.63, 3.8) is 0 Å². The minimum absolute atomic E-state index is 0.218. The summed E-state index contributed by atoms with van der Waals surface area (Å²) in [7, 11) is 0. The van der Waals surface area contributed by atoms with E-state index in [0.717, 1.165) is 18.3 Å². The third-order valence-electron chi connectivity index (χ3n) is 2.52. The highest BCUT2D eigenvalue weighted by Crippen LogP contribution is 2.29. The molecule has 21 heavy (non-hydrogen) atoms. The summed E-state index contributed by atoms with van der Waals surface area (Å²) in [6.07, 6.45) is -3.82. The van der Waals surface area contributed by atoms with E-state index in [2.05, 4.69) is 5.16 Å². The van der Waals surface area contributed by atoms with Gasteiger partial charge in [-0.2, -0.15) is 13.2 Å². The van der Waals surface area contributed by atoms with Gasteiger partial charge in [0.25, 0.3) is 0 Å². The van der Waals surface area contributed by atoms with Gasteiger partial charge in [-0.3, -0.25) is 0 Å². The van der Waals surface area contributed by atoms with E-state index in [4.69, 9.17) is 9.57 Å². The van der Waals surface area contributed by atoms with Gasteiger partial charge in [-0.25, -0.2) is 4.79 Å². The summed E-state index contributed by atoms with van der Waals surface area (Å²) in [5, 5.41) is 3.55. The molecule has 7 heteroatoms. The van der Waals surface area contributed by atoms with Gasteiger partial charge in [-0.1, -0.05) is 24.2 Å². The molecular formula is C14H16F3NO3. The molecule has 1 atom stereocenters. The van der Waals surface area contributed by atoms with Crippen LogP contribution < -0.4 is 0 Å². The molecule has 0 saturated heterocycles. The molecule has 0 aliphatic carbocycles. The minimum Gasteiger partial charge on any atom is -0.463 e. The lowest BCUT2D eigenvalue weighted by atomic mass is 10.1. The predicted octanol–water partition coefficient (Wildman–Crippen LogP) is 3.40. The Balaban J connectivity index is 2.70. The number of esters is 1. The number of ether oxygens (including phenoxy) is 1. The Bertz CT molecular complexity index is 500. The molecule has 0 spiro atoms. The maximum absolute atomic E-state index is 12.5. The first-order valence-electron chi connectivity index (χ1n) is 6.41. The van der Waals surface area contributed by atoms with Crippen LogP contribution in [0.4, 0.5) is 13.2 Å². The van der Waals surface area contributed by atoms with Crippen LogP contribution in [0, 0.1) is 0 Å². The Morgan fingerprint density at radius 1 is 1.38 bits per heavy atom. The largest absolute Gasteiger partial charge is 0.463 e. The number of carbonyl (C=O) groups excluding carboxylic acids is 1. The molecule has 0 amide bonds. The summed E-state index contributed by atoms with van der Waals surface area (Å²) in [5.41, 5.74) is -0.549. The van der Waals surface area contributed by atoms with Gasteiger partial charge in [0.2, 0.25) is 6.10 Å². The highest BCUT2D eigenvalue weighted by Gasteiger charge is 2.30. The summed E-state index contributed by atoms with van der Waals surface area (Å²) in [4.78, 5) is 16.4. The number of nitrogens with zero attached hydrogens (tertiary/aromatic N) is 1. The van der Waals surface area contributed by atoms with Gasteiger partial charge in [0.1, 0.15) is 0 Å². The van der Waals surface area contributed by atoms with Crippen molar-refractivity contribution in [1.82, 2.24) is 0 Å². The van der Waals surface area contributed by atoms with Crippen molar-refractivity contribution in [2.24, 2.45) is 5.16 Å². The Kier molecular flexibility index (Phi) is 6.20. The molecule has 0 bridgehead atoms. The van der Waals surface area contributed by atoms with E-state index in [1.54, 1.807) is 13.8 Å². The number of hydrogen-bond acceptors (Lipinski definition) is 4. The Labute approximate surface area is 120 Å². The Morgan fingerprint density at radius 2 is 2.10 bits per heavy atom. The van der Waals surface area contributed by atoms with E-state index in [1.165, 1.54) is 12.1 Å². The first-order valence-corrected chi connectivity index (χ1v) is 6.41. The van der Waals surface area contributed by atoms with Gasteiger partial charge >= 0.3 is 12.1 Å². The van der Waals surface area contributed by atoms with E-state index in [-0.39, 0.29) is 12.2 Å². The smallest absolute Gasteiger partial charge is 0.416 e. The third-order valence-corrected chi connectivity index (χ3v) is 2.52. The van der Waals surface area contributed by atoms with Crippen molar-refractivity contribution in [2.75, 3.05) is 6.61 Å². The lowest BCUT2D eigenvalue weighted by Crippen LogP contribution is -2.24. The number of halogens is 3. The summed E-state index contributed by atoms with van der Waals surface area (Å²) in [5.74, 6) is -0.554. The zero-order valence-corrected chi connectivity index (χ0v) is 11.7. The topological polar surface area (TPSA) is 47.9 Å². The molecular weight excluding hydrogens is 287 g/mol. The highest BCUT2D eigenvalue weighted by molar-refractivity contribution is 5.79. The van der Waals surface area contributed by atoms with Crippen LogP contribution in [0.1, 0.15) is 31.4 Å². The molecule has 1 aromatic rings. The molecule has 0 fully saturated rings. The number of oxime groups is 1. The van der Waals surface area contributed by atoms with Crippen molar-refractivity contribution < 1.29 is 27.5 Å². The zero-order valence-electron chi connectivity index (χ0n) is 11.7. The van der Waals surface area contributed by atoms with E-state index in [9.17, 15) is 18.0 Å². The van der Waals surface area contributed by atoms with Gasteiger partial charge in [0.05, 0.1) is 18.4 Å². The van der Waals surface area contributed by atoms with Gasteiger partial charge in [-0.15, -0.1) is 0 Å². The maximum atomic E-state index is 12.5. The monoisotopic (exact) mass is 303 g/mol. The fourth-order valence-electron chi connectivity index (χ4n) is 1.48. The molecule has 116 valence electrons. The molecule has 1 rings (SSSR count). The van der Waals surface area contributed by atoms with Crippen molar-refractivity contribution in [2.45, 2.75) is 32.5 Å². The molecule has 0 heterocycles. The maximum Gasteiger partial charge on any atom is 0.416 e. The van der Waals surface area contributed by atoms with E-state index >= 15 is 0 Å². The molecule has 0 aliphatic heterocycles.